The summed E-state index contributed by atoms with van der Waals surface area (Å²) in [4.78, 5) is 11.6. The van der Waals surface area contributed by atoms with Gasteiger partial charge >= 0.3 is 0 Å². The number of ketones is 1. The Bertz CT molecular complexity index is 388. The molecule has 0 amide bonds. The van der Waals surface area contributed by atoms with Gasteiger partial charge in [0.2, 0.25) is 0 Å². The van der Waals surface area contributed by atoms with Gasteiger partial charge in [0.05, 0.1) is 6.61 Å². The maximum atomic E-state index is 11.6. The molecule has 0 bridgehead atoms. The van der Waals surface area contributed by atoms with Crippen molar-refractivity contribution in [1.29, 1.82) is 0 Å². The first kappa shape index (κ1) is 14.6. The average molecular weight is 256 g/mol. The summed E-state index contributed by atoms with van der Waals surface area (Å²) in [5.74, 6) is -0.622. The monoisotopic (exact) mass is 256 g/mol. The number of aliphatic hydroxyl groups is 4. The van der Waals surface area contributed by atoms with Gasteiger partial charge in [-0.3, -0.25) is 4.79 Å². The van der Waals surface area contributed by atoms with E-state index in [0.29, 0.717) is 5.56 Å². The summed E-state index contributed by atoms with van der Waals surface area (Å²) in [6.07, 6.45) is -5.19. The summed E-state index contributed by atoms with van der Waals surface area (Å²) in [6, 6.07) is 5.81. The normalized spacial score (nSPS) is 16.0. The minimum absolute atomic E-state index is 0.0579. The van der Waals surface area contributed by atoms with E-state index >= 15 is 0 Å². The van der Waals surface area contributed by atoms with E-state index in [4.69, 9.17) is 15.3 Å². The fraction of sp³-hybridized carbons (Fsp3) is 0.417. The summed E-state index contributed by atoms with van der Waals surface area (Å²) in [6.45, 7) is -0.745. The molecule has 1 aromatic rings. The number of phenolic OH excluding ortho intramolecular Hbond substituents is 1. The van der Waals surface area contributed by atoms with Crippen LogP contribution in [0.2, 0.25) is 0 Å². The molecular formula is C12H16O6. The molecule has 1 aromatic carbocycles. The highest BCUT2D eigenvalue weighted by Gasteiger charge is 2.29. The number of aliphatic hydroxyl groups excluding tert-OH is 4. The van der Waals surface area contributed by atoms with Crippen LogP contribution in [-0.2, 0) is 11.2 Å². The zero-order chi connectivity index (χ0) is 13.7. The van der Waals surface area contributed by atoms with Crippen LogP contribution >= 0.6 is 0 Å². The van der Waals surface area contributed by atoms with E-state index in [1.807, 2.05) is 0 Å². The van der Waals surface area contributed by atoms with Crippen molar-refractivity contribution in [2.45, 2.75) is 24.7 Å². The van der Waals surface area contributed by atoms with E-state index in [0.717, 1.165) is 0 Å². The largest absolute Gasteiger partial charge is 0.508 e. The van der Waals surface area contributed by atoms with Crippen molar-refractivity contribution in [3.05, 3.63) is 29.8 Å². The molecule has 0 aliphatic carbocycles. The number of rotatable bonds is 6. The molecule has 6 nitrogen and oxygen atoms in total. The molecule has 5 N–H and O–H groups in total. The van der Waals surface area contributed by atoms with Crippen LogP contribution in [0.3, 0.4) is 0 Å². The second-order valence-electron chi connectivity index (χ2n) is 3.99. The Kier molecular flexibility index (Phi) is 5.24. The Hall–Kier alpha value is -1.47. The van der Waals surface area contributed by atoms with Crippen LogP contribution in [0.4, 0.5) is 0 Å². The number of aromatic hydroxyl groups is 1. The Morgan fingerprint density at radius 2 is 1.67 bits per heavy atom. The molecule has 1 rings (SSSR count). The van der Waals surface area contributed by atoms with Crippen LogP contribution in [0, 0.1) is 0 Å². The Morgan fingerprint density at radius 3 is 2.17 bits per heavy atom. The molecule has 0 aliphatic heterocycles. The third-order valence-corrected chi connectivity index (χ3v) is 2.55. The first-order chi connectivity index (χ1) is 8.45. The summed E-state index contributed by atoms with van der Waals surface area (Å²) in [5, 5.41) is 45.6. The van der Waals surface area contributed by atoms with Crippen LogP contribution in [0.25, 0.3) is 0 Å². The Labute approximate surface area is 104 Å². The lowest BCUT2D eigenvalue weighted by atomic mass is 9.99. The molecule has 0 heterocycles. The van der Waals surface area contributed by atoms with Gasteiger partial charge in [0.25, 0.3) is 0 Å². The van der Waals surface area contributed by atoms with Crippen molar-refractivity contribution in [1.82, 2.24) is 0 Å². The van der Waals surface area contributed by atoms with Crippen LogP contribution in [-0.4, -0.2) is 56.2 Å². The van der Waals surface area contributed by atoms with Crippen molar-refractivity contribution >= 4 is 5.78 Å². The van der Waals surface area contributed by atoms with Crippen molar-refractivity contribution in [2.24, 2.45) is 0 Å². The second kappa shape index (κ2) is 6.46. The molecule has 0 fully saturated rings. The molecule has 0 spiro atoms. The predicted octanol–water partition coefficient (Wildman–Crippen LogP) is -1.42. The zero-order valence-electron chi connectivity index (χ0n) is 9.60. The molecular weight excluding hydrogens is 240 g/mol. The fourth-order valence-corrected chi connectivity index (χ4v) is 1.43. The maximum absolute atomic E-state index is 11.6. The molecule has 0 unspecified atom stereocenters. The first-order valence-electron chi connectivity index (χ1n) is 5.41. The third-order valence-electron chi connectivity index (χ3n) is 2.55. The standard InChI is InChI=1S/C12H16O6/c13-6-10(16)12(18)11(17)9(15)5-7-1-3-8(14)4-2-7/h1-4,10-14,16-18H,5-6H2/t10-,11-,12+/m0/s1. The van der Waals surface area contributed by atoms with Gasteiger partial charge in [0.15, 0.2) is 5.78 Å². The Balaban J connectivity index is 2.62. The van der Waals surface area contributed by atoms with Crippen molar-refractivity contribution < 1.29 is 30.3 Å². The van der Waals surface area contributed by atoms with Gasteiger partial charge in [-0.25, -0.2) is 0 Å². The van der Waals surface area contributed by atoms with Crippen LogP contribution < -0.4 is 0 Å². The lowest BCUT2D eigenvalue weighted by Crippen LogP contribution is -2.44. The van der Waals surface area contributed by atoms with Gasteiger partial charge in [-0.1, -0.05) is 12.1 Å². The minimum Gasteiger partial charge on any atom is -0.508 e. The predicted molar refractivity (Wildman–Crippen MR) is 61.9 cm³/mol. The molecule has 0 radical (unpaired) electrons. The summed E-state index contributed by atoms with van der Waals surface area (Å²) in [7, 11) is 0. The third kappa shape index (κ3) is 3.78. The van der Waals surface area contributed by atoms with Gasteiger partial charge in [-0.05, 0) is 17.7 Å². The SMILES string of the molecule is O=C(Cc1ccc(O)cc1)[C@H](O)[C@H](O)[C@@H](O)CO. The van der Waals surface area contributed by atoms with Gasteiger partial charge in [0, 0.05) is 6.42 Å². The number of Topliss-reactive ketones (excluding diaryl/α,β-unsaturated/α-hetero) is 1. The number of phenols is 1. The summed E-state index contributed by atoms with van der Waals surface area (Å²) < 4.78 is 0. The minimum atomic E-state index is -1.76. The summed E-state index contributed by atoms with van der Waals surface area (Å²) >= 11 is 0. The topological polar surface area (TPSA) is 118 Å². The number of carbonyl (C=O) groups is 1. The van der Waals surface area contributed by atoms with E-state index in [9.17, 15) is 15.0 Å². The highest BCUT2D eigenvalue weighted by Crippen LogP contribution is 2.12. The molecule has 0 saturated carbocycles. The molecule has 3 atom stereocenters. The number of benzene rings is 1. The van der Waals surface area contributed by atoms with Gasteiger partial charge < -0.3 is 25.5 Å². The van der Waals surface area contributed by atoms with Crippen LogP contribution in [0.15, 0.2) is 24.3 Å². The highest BCUT2D eigenvalue weighted by molar-refractivity contribution is 5.85. The molecule has 18 heavy (non-hydrogen) atoms. The van der Waals surface area contributed by atoms with Crippen molar-refractivity contribution in [3.63, 3.8) is 0 Å². The van der Waals surface area contributed by atoms with Gasteiger partial charge in [-0.2, -0.15) is 0 Å². The molecule has 0 saturated heterocycles. The van der Waals surface area contributed by atoms with E-state index in [2.05, 4.69) is 0 Å². The molecule has 0 aliphatic rings. The molecule has 100 valence electrons. The van der Waals surface area contributed by atoms with E-state index in [1.165, 1.54) is 24.3 Å². The number of hydrogen-bond donors (Lipinski definition) is 5. The van der Waals surface area contributed by atoms with E-state index < -0.39 is 30.7 Å². The molecule has 0 aromatic heterocycles. The van der Waals surface area contributed by atoms with Gasteiger partial charge in [0.1, 0.15) is 24.1 Å². The maximum Gasteiger partial charge on any atom is 0.168 e. The van der Waals surface area contributed by atoms with Crippen molar-refractivity contribution in [3.8, 4) is 5.75 Å². The lowest BCUT2D eigenvalue weighted by molar-refractivity contribution is -0.139. The lowest BCUT2D eigenvalue weighted by Gasteiger charge is -2.20. The quantitative estimate of drug-likeness (QED) is 0.426. The molecule has 6 heteroatoms. The van der Waals surface area contributed by atoms with E-state index in [-0.39, 0.29) is 12.2 Å². The smallest absolute Gasteiger partial charge is 0.168 e. The zero-order valence-corrected chi connectivity index (χ0v) is 9.60. The van der Waals surface area contributed by atoms with Crippen LogP contribution in [0.5, 0.6) is 5.75 Å². The number of carbonyl (C=O) groups excluding carboxylic acids is 1. The second-order valence-corrected chi connectivity index (χ2v) is 3.99. The average Bonchev–Trinajstić information content (AvgIpc) is 2.38. The Morgan fingerprint density at radius 1 is 1.11 bits per heavy atom. The first-order valence-corrected chi connectivity index (χ1v) is 5.41. The van der Waals surface area contributed by atoms with Crippen LogP contribution in [0.1, 0.15) is 5.56 Å². The number of hydrogen-bond acceptors (Lipinski definition) is 6. The van der Waals surface area contributed by atoms with Gasteiger partial charge in [-0.15, -0.1) is 0 Å². The van der Waals surface area contributed by atoms with E-state index in [1.54, 1.807) is 0 Å². The summed E-state index contributed by atoms with van der Waals surface area (Å²) in [5.41, 5.74) is 0.558. The fourth-order valence-electron chi connectivity index (χ4n) is 1.43. The van der Waals surface area contributed by atoms with Crippen molar-refractivity contribution in [2.75, 3.05) is 6.61 Å². The highest BCUT2D eigenvalue weighted by atomic mass is 16.4.